The van der Waals surface area contributed by atoms with Gasteiger partial charge in [-0.1, -0.05) is 0 Å². The second kappa shape index (κ2) is 16.7. The van der Waals surface area contributed by atoms with E-state index < -0.39 is 23.4 Å². The highest BCUT2D eigenvalue weighted by atomic mass is 79.9. The second-order valence-electron chi connectivity index (χ2n) is 15.6. The van der Waals surface area contributed by atoms with Crippen molar-refractivity contribution in [3.63, 3.8) is 0 Å². The molecule has 54 heavy (non-hydrogen) atoms. The van der Waals surface area contributed by atoms with Crippen LogP contribution in [0.25, 0.3) is 0 Å². The molecule has 2 fully saturated rings. The number of aliphatic hydroxyl groups is 1. The molecule has 4 amide bonds. The van der Waals surface area contributed by atoms with Crippen LogP contribution in [0.1, 0.15) is 92.6 Å². The Balaban J connectivity index is 0.000000208. The number of carbonyl (C=O) groups is 5. The number of amides is 4. The Morgan fingerprint density at radius 3 is 1.67 bits per heavy atom. The summed E-state index contributed by atoms with van der Waals surface area (Å²) in [6.45, 7) is 13.4. The average molecular weight is 875 g/mol. The first-order valence-corrected chi connectivity index (χ1v) is 19.3. The number of aliphatic hydroxyl groups excluding tert-OH is 1. The van der Waals surface area contributed by atoms with Crippen molar-refractivity contribution in [1.29, 1.82) is 0 Å². The van der Waals surface area contributed by atoms with Crippen LogP contribution in [0.4, 0.5) is 21.0 Å². The highest BCUT2D eigenvalue weighted by Gasteiger charge is 2.35. The van der Waals surface area contributed by atoms with Crippen LogP contribution in [0.2, 0.25) is 0 Å². The third-order valence-corrected chi connectivity index (χ3v) is 10.4. The Morgan fingerprint density at radius 2 is 1.22 bits per heavy atom. The zero-order valence-corrected chi connectivity index (χ0v) is 34.4. The highest BCUT2D eigenvalue weighted by Crippen LogP contribution is 2.31. The summed E-state index contributed by atoms with van der Waals surface area (Å²) in [6, 6.07) is 7.21. The number of carbonyl (C=O) groups excluding carboxylic acids is 5. The molecule has 2 atom stereocenters. The molecule has 16 heteroatoms. The van der Waals surface area contributed by atoms with Crippen LogP contribution in [0.15, 0.2) is 34.3 Å². The third kappa shape index (κ3) is 10.1. The summed E-state index contributed by atoms with van der Waals surface area (Å²) < 4.78 is 12.2. The van der Waals surface area contributed by atoms with E-state index in [-0.39, 0.29) is 30.3 Å². The molecule has 290 valence electrons. The summed E-state index contributed by atoms with van der Waals surface area (Å²) in [5.41, 5.74) is 4.72. The number of fused-ring (bicyclic) bond motifs is 2. The van der Waals surface area contributed by atoms with Gasteiger partial charge in [0, 0.05) is 54.1 Å². The number of rotatable bonds is 6. The van der Waals surface area contributed by atoms with Crippen LogP contribution in [0, 0.1) is 11.8 Å². The molecular formula is C38H46Br2N6O8. The fourth-order valence-electron chi connectivity index (χ4n) is 6.34. The molecular weight excluding hydrogens is 828 g/mol. The van der Waals surface area contributed by atoms with E-state index >= 15 is 0 Å². The summed E-state index contributed by atoms with van der Waals surface area (Å²) in [5.74, 6) is -1.03. The Morgan fingerprint density at radius 1 is 0.778 bits per heavy atom. The van der Waals surface area contributed by atoms with Crippen LogP contribution in [0.5, 0.6) is 0 Å². The molecule has 2 aromatic carbocycles. The van der Waals surface area contributed by atoms with Crippen molar-refractivity contribution in [1.82, 2.24) is 9.80 Å². The smallest absolute Gasteiger partial charge is 0.410 e. The number of ether oxygens (including phenoxy) is 2. The summed E-state index contributed by atoms with van der Waals surface area (Å²) in [6.07, 6.45) is 1.05. The van der Waals surface area contributed by atoms with E-state index in [4.69, 9.17) is 9.47 Å². The van der Waals surface area contributed by atoms with Gasteiger partial charge in [-0.15, -0.1) is 0 Å². The fourth-order valence-corrected chi connectivity index (χ4v) is 7.33. The molecule has 2 aromatic rings. The SMILES string of the molecule is CC(C)(C)OC(=O)N1CCC(C(=O)Nc2cc3c(cc2C=O)CN=C3Br)C1.CC(C)(C)OC(=O)N1CCC(C(=O)Nc2cc3c(cc2CO)CN=C3Br)C1. The topological polar surface area (TPSA) is 179 Å². The number of hydrogen-bond acceptors (Lipinski definition) is 10. The second-order valence-corrected chi connectivity index (χ2v) is 17.1. The number of aldehydes is 1. The van der Waals surface area contributed by atoms with Crippen molar-refractivity contribution in [3.05, 3.63) is 57.6 Å². The van der Waals surface area contributed by atoms with Gasteiger partial charge in [-0.25, -0.2) is 9.59 Å². The van der Waals surface area contributed by atoms with Gasteiger partial charge in [-0.3, -0.25) is 24.4 Å². The Hall–Kier alpha value is -4.15. The summed E-state index contributed by atoms with van der Waals surface area (Å²) in [4.78, 5) is 72.8. The lowest BCUT2D eigenvalue weighted by molar-refractivity contribution is -0.120. The molecule has 0 spiro atoms. The number of benzene rings is 2. The van der Waals surface area contributed by atoms with Crippen LogP contribution < -0.4 is 10.6 Å². The first-order valence-electron chi connectivity index (χ1n) is 17.7. The zero-order valence-electron chi connectivity index (χ0n) is 31.3. The normalized spacial score (nSPS) is 18.8. The van der Waals surface area contributed by atoms with Crippen molar-refractivity contribution < 1.29 is 38.6 Å². The predicted molar refractivity (Wildman–Crippen MR) is 212 cm³/mol. The summed E-state index contributed by atoms with van der Waals surface area (Å²) in [7, 11) is 0. The number of aliphatic imine (C=N–C) groups is 2. The highest BCUT2D eigenvalue weighted by molar-refractivity contribution is 9.18. The molecule has 0 aliphatic carbocycles. The minimum absolute atomic E-state index is 0.165. The van der Waals surface area contributed by atoms with Gasteiger partial charge in [0.05, 0.1) is 37.2 Å². The molecule has 4 heterocycles. The minimum atomic E-state index is -0.574. The maximum Gasteiger partial charge on any atom is 0.410 e. The van der Waals surface area contributed by atoms with Gasteiger partial charge in [-0.05, 0) is 122 Å². The van der Waals surface area contributed by atoms with E-state index in [1.54, 1.807) is 42.7 Å². The van der Waals surface area contributed by atoms with Crippen LogP contribution in [-0.2, 0) is 38.8 Å². The minimum Gasteiger partial charge on any atom is -0.444 e. The lowest BCUT2D eigenvalue weighted by Gasteiger charge is -2.24. The summed E-state index contributed by atoms with van der Waals surface area (Å²) >= 11 is 6.80. The molecule has 4 aliphatic heterocycles. The van der Waals surface area contributed by atoms with Crippen molar-refractivity contribution in [2.24, 2.45) is 21.8 Å². The quantitative estimate of drug-likeness (QED) is 0.280. The number of nitrogens with one attached hydrogen (secondary N) is 2. The molecule has 3 N–H and O–H groups in total. The van der Waals surface area contributed by atoms with Crippen molar-refractivity contribution >= 4 is 82.8 Å². The predicted octanol–water partition coefficient (Wildman–Crippen LogP) is 6.38. The standard InChI is InChI=1S/C19H24BrN3O4.C19H22BrN3O4/c2*1-19(2,3)27-18(26)23-5-4-11(9-23)17(25)22-15-7-14-12(6-13(15)10-24)8-21-16(14)20/h6-7,11,24H,4-5,8-10H2,1-3H3,(H,22,25);6-7,10-11H,4-5,8-9H2,1-3H3,(H,22,25). The maximum absolute atomic E-state index is 12.7. The molecule has 0 bridgehead atoms. The lowest BCUT2D eigenvalue weighted by Crippen LogP contribution is -2.36. The number of anilines is 2. The van der Waals surface area contributed by atoms with Gasteiger partial charge in [0.25, 0.3) is 0 Å². The number of halogens is 2. The van der Waals surface area contributed by atoms with Crippen molar-refractivity contribution in [2.45, 2.75) is 85.3 Å². The van der Waals surface area contributed by atoms with Gasteiger partial charge < -0.3 is 35.0 Å². The third-order valence-electron chi connectivity index (χ3n) is 9.06. The molecule has 0 aromatic heterocycles. The van der Waals surface area contributed by atoms with Crippen molar-refractivity contribution in [3.8, 4) is 0 Å². The fraction of sp³-hybridized carbons (Fsp3) is 0.500. The lowest BCUT2D eigenvalue weighted by atomic mass is 10.0. The monoisotopic (exact) mass is 872 g/mol. The van der Waals surface area contributed by atoms with E-state index in [0.29, 0.717) is 79.2 Å². The number of nitrogens with zero attached hydrogens (tertiary/aromatic N) is 4. The number of likely N-dealkylation sites (tertiary alicyclic amines) is 2. The van der Waals surface area contributed by atoms with Gasteiger partial charge in [0.2, 0.25) is 11.8 Å². The van der Waals surface area contributed by atoms with E-state index in [2.05, 4.69) is 52.5 Å². The van der Waals surface area contributed by atoms with E-state index in [9.17, 15) is 29.1 Å². The summed E-state index contributed by atoms with van der Waals surface area (Å²) in [5, 5.41) is 15.4. The Labute approximate surface area is 331 Å². The van der Waals surface area contributed by atoms with Crippen molar-refractivity contribution in [2.75, 3.05) is 36.8 Å². The molecule has 14 nitrogen and oxygen atoms in total. The van der Waals surface area contributed by atoms with E-state index in [1.165, 1.54) is 0 Å². The van der Waals surface area contributed by atoms with Gasteiger partial charge in [0.15, 0.2) is 6.29 Å². The molecule has 6 rings (SSSR count). The van der Waals surface area contributed by atoms with Crippen LogP contribution >= 0.6 is 31.9 Å². The molecule has 0 saturated carbocycles. The zero-order chi connectivity index (χ0) is 39.5. The Kier molecular flexibility index (Phi) is 12.7. The molecule has 0 radical (unpaired) electrons. The van der Waals surface area contributed by atoms with Gasteiger partial charge >= 0.3 is 12.2 Å². The maximum atomic E-state index is 12.7. The first kappa shape index (κ1) is 41.0. The average Bonchev–Trinajstić information content (AvgIpc) is 3.91. The van der Waals surface area contributed by atoms with Crippen LogP contribution in [0.3, 0.4) is 0 Å². The molecule has 4 aliphatic rings. The van der Waals surface area contributed by atoms with E-state index in [0.717, 1.165) is 33.2 Å². The number of hydrogen-bond donors (Lipinski definition) is 3. The Bertz CT molecular complexity index is 1900. The molecule has 2 unspecified atom stereocenters. The first-order chi connectivity index (χ1) is 25.3. The van der Waals surface area contributed by atoms with Crippen LogP contribution in [-0.4, -0.2) is 91.8 Å². The molecule has 2 saturated heterocycles. The van der Waals surface area contributed by atoms with Gasteiger partial charge in [0.1, 0.15) is 20.4 Å². The van der Waals surface area contributed by atoms with Gasteiger partial charge in [-0.2, -0.15) is 0 Å². The largest absolute Gasteiger partial charge is 0.444 e. The van der Waals surface area contributed by atoms with E-state index in [1.807, 2.05) is 32.9 Å².